The predicted octanol–water partition coefficient (Wildman–Crippen LogP) is 4.55. The predicted molar refractivity (Wildman–Crippen MR) is 72.8 cm³/mol. The van der Waals surface area contributed by atoms with Crippen molar-refractivity contribution in [1.29, 1.82) is 0 Å². The van der Waals surface area contributed by atoms with E-state index in [0.29, 0.717) is 0 Å². The second-order valence-electron chi connectivity index (χ2n) is 3.64. The minimum atomic E-state index is 0.268. The number of halogens is 1. The highest BCUT2D eigenvalue weighted by Gasteiger charge is 2.13. The Morgan fingerprint density at radius 1 is 1.31 bits per heavy atom. The SMILES string of the molecule is COc1ccc(C(Br)c2ccsc2)c(C)c1. The molecule has 0 saturated carbocycles. The van der Waals surface area contributed by atoms with Gasteiger partial charge in [-0.25, -0.2) is 0 Å². The fourth-order valence-electron chi connectivity index (χ4n) is 1.66. The smallest absolute Gasteiger partial charge is 0.119 e. The van der Waals surface area contributed by atoms with Crippen molar-refractivity contribution in [3.63, 3.8) is 0 Å². The van der Waals surface area contributed by atoms with Crippen molar-refractivity contribution < 1.29 is 4.74 Å². The summed E-state index contributed by atoms with van der Waals surface area (Å²) in [7, 11) is 1.69. The monoisotopic (exact) mass is 296 g/mol. The van der Waals surface area contributed by atoms with Crippen molar-refractivity contribution in [2.45, 2.75) is 11.8 Å². The number of aryl methyl sites for hydroxylation is 1. The summed E-state index contributed by atoms with van der Waals surface area (Å²) in [5.41, 5.74) is 3.84. The molecular weight excluding hydrogens is 284 g/mol. The van der Waals surface area contributed by atoms with Crippen molar-refractivity contribution in [1.82, 2.24) is 0 Å². The zero-order valence-electron chi connectivity index (χ0n) is 9.24. The van der Waals surface area contributed by atoms with Crippen LogP contribution in [0.3, 0.4) is 0 Å². The van der Waals surface area contributed by atoms with Gasteiger partial charge >= 0.3 is 0 Å². The molecule has 1 atom stereocenters. The van der Waals surface area contributed by atoms with Crippen LogP contribution in [0.15, 0.2) is 35.0 Å². The summed E-state index contributed by atoms with van der Waals surface area (Å²) in [6.45, 7) is 2.11. The maximum absolute atomic E-state index is 5.21. The van der Waals surface area contributed by atoms with Crippen LogP contribution in [-0.2, 0) is 0 Å². The van der Waals surface area contributed by atoms with Gasteiger partial charge in [0.1, 0.15) is 5.75 Å². The standard InChI is InChI=1S/C13H13BrOS/c1-9-7-11(15-2)3-4-12(9)13(14)10-5-6-16-8-10/h3-8,13H,1-2H3. The lowest BCUT2D eigenvalue weighted by molar-refractivity contribution is 0.414. The summed E-state index contributed by atoms with van der Waals surface area (Å²) in [6.07, 6.45) is 0. The molecule has 1 unspecified atom stereocenters. The molecule has 3 heteroatoms. The molecule has 2 aromatic rings. The average Bonchev–Trinajstić information content (AvgIpc) is 2.81. The first-order valence-electron chi connectivity index (χ1n) is 5.03. The summed E-state index contributed by atoms with van der Waals surface area (Å²) < 4.78 is 5.21. The number of hydrogen-bond acceptors (Lipinski definition) is 2. The molecule has 84 valence electrons. The Bertz CT molecular complexity index is 465. The van der Waals surface area contributed by atoms with Crippen LogP contribution in [0.5, 0.6) is 5.75 Å². The van der Waals surface area contributed by atoms with Crippen LogP contribution < -0.4 is 4.74 Å². The van der Waals surface area contributed by atoms with E-state index >= 15 is 0 Å². The number of rotatable bonds is 3. The van der Waals surface area contributed by atoms with Gasteiger partial charge in [-0.05, 0) is 52.6 Å². The normalized spacial score (nSPS) is 12.4. The fraction of sp³-hybridized carbons (Fsp3) is 0.231. The fourth-order valence-corrected chi connectivity index (χ4v) is 3.32. The summed E-state index contributed by atoms with van der Waals surface area (Å²) in [6, 6.07) is 8.33. The van der Waals surface area contributed by atoms with Crippen LogP contribution in [0, 0.1) is 6.92 Å². The van der Waals surface area contributed by atoms with E-state index in [1.807, 2.05) is 6.07 Å². The van der Waals surface area contributed by atoms with E-state index in [-0.39, 0.29) is 4.83 Å². The molecule has 1 nitrogen and oxygen atoms in total. The van der Waals surface area contributed by atoms with E-state index in [1.165, 1.54) is 16.7 Å². The quantitative estimate of drug-likeness (QED) is 0.755. The van der Waals surface area contributed by atoms with Gasteiger partial charge in [0, 0.05) is 0 Å². The van der Waals surface area contributed by atoms with Crippen LogP contribution in [0.25, 0.3) is 0 Å². The van der Waals surface area contributed by atoms with Gasteiger partial charge in [-0.15, -0.1) is 0 Å². The zero-order chi connectivity index (χ0) is 11.5. The van der Waals surface area contributed by atoms with Gasteiger partial charge in [-0.1, -0.05) is 22.0 Å². The third-order valence-electron chi connectivity index (χ3n) is 2.59. The van der Waals surface area contributed by atoms with E-state index in [2.05, 4.69) is 51.8 Å². The van der Waals surface area contributed by atoms with Crippen LogP contribution in [-0.4, -0.2) is 7.11 Å². The van der Waals surface area contributed by atoms with Crippen molar-refractivity contribution in [2.24, 2.45) is 0 Å². The Morgan fingerprint density at radius 2 is 2.12 bits per heavy atom. The van der Waals surface area contributed by atoms with Gasteiger partial charge in [-0.2, -0.15) is 11.3 Å². The number of methoxy groups -OCH3 is 1. The van der Waals surface area contributed by atoms with E-state index in [4.69, 9.17) is 4.74 Å². The second kappa shape index (κ2) is 5.02. The van der Waals surface area contributed by atoms with Crippen LogP contribution in [0.1, 0.15) is 21.5 Å². The topological polar surface area (TPSA) is 9.23 Å². The van der Waals surface area contributed by atoms with Crippen molar-refractivity contribution in [2.75, 3.05) is 7.11 Å². The molecule has 1 aromatic carbocycles. The van der Waals surface area contributed by atoms with Crippen molar-refractivity contribution in [3.05, 3.63) is 51.7 Å². The van der Waals surface area contributed by atoms with E-state index in [1.54, 1.807) is 18.4 Å². The van der Waals surface area contributed by atoms with E-state index < -0.39 is 0 Å². The average molecular weight is 297 g/mol. The lowest BCUT2D eigenvalue weighted by atomic mass is 10.0. The van der Waals surface area contributed by atoms with Gasteiger partial charge < -0.3 is 4.74 Å². The number of hydrogen-bond donors (Lipinski definition) is 0. The summed E-state index contributed by atoms with van der Waals surface area (Å²) in [4.78, 5) is 0.268. The highest BCUT2D eigenvalue weighted by Crippen LogP contribution is 2.35. The van der Waals surface area contributed by atoms with E-state index in [0.717, 1.165) is 5.75 Å². The molecule has 0 bridgehead atoms. The lowest BCUT2D eigenvalue weighted by Crippen LogP contribution is -1.95. The third-order valence-corrected chi connectivity index (χ3v) is 4.31. The van der Waals surface area contributed by atoms with E-state index in [9.17, 15) is 0 Å². The molecule has 0 spiro atoms. The van der Waals surface area contributed by atoms with Gasteiger partial charge in [0.25, 0.3) is 0 Å². The highest BCUT2D eigenvalue weighted by molar-refractivity contribution is 9.09. The molecule has 1 heterocycles. The molecule has 0 aliphatic heterocycles. The van der Waals surface area contributed by atoms with Crippen LogP contribution in [0.4, 0.5) is 0 Å². The van der Waals surface area contributed by atoms with Crippen molar-refractivity contribution >= 4 is 27.3 Å². The minimum absolute atomic E-state index is 0.268. The van der Waals surface area contributed by atoms with Gasteiger partial charge in [0.2, 0.25) is 0 Å². The minimum Gasteiger partial charge on any atom is -0.497 e. The molecule has 0 amide bonds. The summed E-state index contributed by atoms with van der Waals surface area (Å²) in [5.74, 6) is 0.909. The molecule has 0 N–H and O–H groups in total. The number of ether oxygens (including phenoxy) is 1. The molecular formula is C13H13BrOS. The largest absolute Gasteiger partial charge is 0.497 e. The maximum atomic E-state index is 5.21. The molecule has 0 saturated heterocycles. The van der Waals surface area contributed by atoms with Gasteiger partial charge in [-0.3, -0.25) is 0 Å². The second-order valence-corrected chi connectivity index (χ2v) is 5.34. The molecule has 2 rings (SSSR count). The summed E-state index contributed by atoms with van der Waals surface area (Å²) >= 11 is 5.46. The number of benzene rings is 1. The van der Waals surface area contributed by atoms with Gasteiger partial charge in [0.05, 0.1) is 11.9 Å². The lowest BCUT2D eigenvalue weighted by Gasteiger charge is -2.13. The van der Waals surface area contributed by atoms with Crippen molar-refractivity contribution in [3.8, 4) is 5.75 Å². The Balaban J connectivity index is 2.34. The Labute approximate surface area is 108 Å². The molecule has 0 aliphatic rings. The third kappa shape index (κ3) is 2.30. The highest BCUT2D eigenvalue weighted by atomic mass is 79.9. The first kappa shape index (κ1) is 11.7. The number of alkyl halides is 1. The summed E-state index contributed by atoms with van der Waals surface area (Å²) in [5, 5.41) is 4.27. The Kier molecular flexibility index (Phi) is 3.66. The maximum Gasteiger partial charge on any atom is 0.119 e. The zero-order valence-corrected chi connectivity index (χ0v) is 11.6. The molecule has 0 aliphatic carbocycles. The van der Waals surface area contributed by atoms with Crippen LogP contribution in [0.2, 0.25) is 0 Å². The Hall–Kier alpha value is -0.800. The molecule has 0 radical (unpaired) electrons. The molecule has 16 heavy (non-hydrogen) atoms. The number of thiophene rings is 1. The first-order valence-corrected chi connectivity index (χ1v) is 6.89. The Morgan fingerprint density at radius 3 is 2.69 bits per heavy atom. The molecule has 1 aromatic heterocycles. The first-order chi connectivity index (χ1) is 7.72. The van der Waals surface area contributed by atoms with Crippen LogP contribution >= 0.6 is 27.3 Å². The molecule has 0 fully saturated rings. The van der Waals surface area contributed by atoms with Gasteiger partial charge in [0.15, 0.2) is 0 Å².